The van der Waals surface area contributed by atoms with Gasteiger partial charge in [0.2, 0.25) is 0 Å². The number of rotatable bonds is 5. The zero-order valence-corrected chi connectivity index (χ0v) is 10.8. The van der Waals surface area contributed by atoms with E-state index in [-0.39, 0.29) is 12.5 Å². The molecule has 1 atom stereocenters. The molecule has 1 aliphatic carbocycles. The summed E-state index contributed by atoms with van der Waals surface area (Å²) >= 11 is 0. The zero-order valence-electron chi connectivity index (χ0n) is 10.8. The van der Waals surface area contributed by atoms with Gasteiger partial charge in [-0.25, -0.2) is 0 Å². The lowest BCUT2D eigenvalue weighted by molar-refractivity contribution is -0.138. The molecule has 1 fully saturated rings. The SMILES string of the molecule is CCN(C(C)CC(=O)O)C1CCC(C)CC1. The third-order valence-corrected chi connectivity index (χ3v) is 3.86. The summed E-state index contributed by atoms with van der Waals surface area (Å²) in [7, 11) is 0. The normalized spacial score (nSPS) is 28.0. The van der Waals surface area contributed by atoms with Crippen LogP contribution in [0.15, 0.2) is 0 Å². The minimum absolute atomic E-state index is 0.168. The Balaban J connectivity index is 2.49. The molecule has 0 aromatic rings. The topological polar surface area (TPSA) is 40.5 Å². The molecule has 1 rings (SSSR count). The first-order chi connectivity index (χ1) is 7.54. The lowest BCUT2D eigenvalue weighted by atomic mass is 9.86. The second-order valence-electron chi connectivity index (χ2n) is 5.19. The lowest BCUT2D eigenvalue weighted by Crippen LogP contribution is -2.44. The van der Waals surface area contributed by atoms with Gasteiger partial charge in [0.15, 0.2) is 0 Å². The summed E-state index contributed by atoms with van der Waals surface area (Å²) in [6, 6.07) is 0.774. The van der Waals surface area contributed by atoms with E-state index in [2.05, 4.69) is 18.7 Å². The number of carboxylic acids is 1. The molecule has 1 aliphatic rings. The van der Waals surface area contributed by atoms with Gasteiger partial charge in [-0.1, -0.05) is 13.8 Å². The molecule has 0 radical (unpaired) electrons. The molecule has 94 valence electrons. The molecule has 0 bridgehead atoms. The van der Waals surface area contributed by atoms with Gasteiger partial charge in [0.1, 0.15) is 0 Å². The molecule has 0 aliphatic heterocycles. The van der Waals surface area contributed by atoms with Crippen molar-refractivity contribution in [1.82, 2.24) is 4.90 Å². The molecule has 0 saturated heterocycles. The van der Waals surface area contributed by atoms with Crippen molar-refractivity contribution in [3.63, 3.8) is 0 Å². The van der Waals surface area contributed by atoms with Crippen LogP contribution in [0, 0.1) is 5.92 Å². The van der Waals surface area contributed by atoms with Gasteiger partial charge < -0.3 is 5.11 Å². The van der Waals surface area contributed by atoms with Crippen molar-refractivity contribution in [3.05, 3.63) is 0 Å². The first kappa shape index (κ1) is 13.5. The van der Waals surface area contributed by atoms with Gasteiger partial charge in [0.05, 0.1) is 6.42 Å². The smallest absolute Gasteiger partial charge is 0.304 e. The Bertz CT molecular complexity index is 222. The Morgan fingerprint density at radius 3 is 2.38 bits per heavy atom. The van der Waals surface area contributed by atoms with Crippen LogP contribution in [0.5, 0.6) is 0 Å². The molecule has 0 aromatic carbocycles. The van der Waals surface area contributed by atoms with Crippen LogP contribution >= 0.6 is 0 Å². The van der Waals surface area contributed by atoms with Crippen LogP contribution < -0.4 is 0 Å². The standard InChI is InChI=1S/C13H25NO2/c1-4-14(11(3)9-13(15)16)12-7-5-10(2)6-8-12/h10-12H,4-9H2,1-3H3,(H,15,16). The van der Waals surface area contributed by atoms with Gasteiger partial charge >= 0.3 is 5.97 Å². The third kappa shape index (κ3) is 3.78. The van der Waals surface area contributed by atoms with Crippen molar-refractivity contribution < 1.29 is 9.90 Å². The number of aliphatic carboxylic acids is 1. The van der Waals surface area contributed by atoms with E-state index in [9.17, 15) is 4.79 Å². The summed E-state index contributed by atoms with van der Waals surface area (Å²) in [5.74, 6) is 0.167. The van der Waals surface area contributed by atoms with E-state index >= 15 is 0 Å². The molecule has 1 saturated carbocycles. The fourth-order valence-electron chi connectivity index (χ4n) is 2.87. The number of hydrogen-bond donors (Lipinski definition) is 1. The predicted molar refractivity (Wildman–Crippen MR) is 65.5 cm³/mol. The first-order valence-electron chi connectivity index (χ1n) is 6.52. The highest BCUT2D eigenvalue weighted by molar-refractivity contribution is 5.67. The molecule has 0 spiro atoms. The monoisotopic (exact) mass is 227 g/mol. The molecular weight excluding hydrogens is 202 g/mol. The van der Waals surface area contributed by atoms with Crippen molar-refractivity contribution in [2.45, 2.75) is 65.0 Å². The predicted octanol–water partition coefficient (Wildman–Crippen LogP) is 2.75. The van der Waals surface area contributed by atoms with Crippen molar-refractivity contribution >= 4 is 5.97 Å². The van der Waals surface area contributed by atoms with E-state index in [4.69, 9.17) is 5.11 Å². The third-order valence-electron chi connectivity index (χ3n) is 3.86. The second-order valence-corrected chi connectivity index (χ2v) is 5.19. The van der Waals surface area contributed by atoms with Crippen molar-refractivity contribution in [3.8, 4) is 0 Å². The van der Waals surface area contributed by atoms with E-state index in [0.717, 1.165) is 12.5 Å². The molecule has 16 heavy (non-hydrogen) atoms. The van der Waals surface area contributed by atoms with Crippen LogP contribution in [0.25, 0.3) is 0 Å². The summed E-state index contributed by atoms with van der Waals surface area (Å²) in [6.07, 6.45) is 5.32. The molecule has 0 aromatic heterocycles. The maximum absolute atomic E-state index is 10.7. The summed E-state index contributed by atoms with van der Waals surface area (Å²) in [4.78, 5) is 13.1. The maximum Gasteiger partial charge on any atom is 0.304 e. The van der Waals surface area contributed by atoms with Gasteiger partial charge in [-0.15, -0.1) is 0 Å². The summed E-state index contributed by atoms with van der Waals surface area (Å²) in [5.41, 5.74) is 0. The average molecular weight is 227 g/mol. The Hall–Kier alpha value is -0.570. The minimum Gasteiger partial charge on any atom is -0.481 e. The summed E-state index contributed by atoms with van der Waals surface area (Å²) in [6.45, 7) is 7.45. The van der Waals surface area contributed by atoms with Crippen LogP contribution in [0.3, 0.4) is 0 Å². The number of nitrogens with zero attached hydrogens (tertiary/aromatic N) is 1. The van der Waals surface area contributed by atoms with Crippen molar-refractivity contribution in [1.29, 1.82) is 0 Å². The van der Waals surface area contributed by atoms with Crippen molar-refractivity contribution in [2.75, 3.05) is 6.54 Å². The largest absolute Gasteiger partial charge is 0.481 e. The Labute approximate surface area is 98.8 Å². The second kappa shape index (κ2) is 6.24. The quantitative estimate of drug-likeness (QED) is 0.785. The number of carbonyl (C=O) groups is 1. The summed E-state index contributed by atoms with van der Waals surface area (Å²) in [5, 5.41) is 8.84. The molecule has 1 unspecified atom stereocenters. The number of hydrogen-bond acceptors (Lipinski definition) is 2. The lowest BCUT2D eigenvalue weighted by Gasteiger charge is -2.38. The Morgan fingerprint density at radius 1 is 1.38 bits per heavy atom. The number of carboxylic acid groups (broad SMARTS) is 1. The van der Waals surface area contributed by atoms with Crippen LogP contribution in [0.2, 0.25) is 0 Å². The first-order valence-corrected chi connectivity index (χ1v) is 6.52. The van der Waals surface area contributed by atoms with Gasteiger partial charge in [-0.2, -0.15) is 0 Å². The highest BCUT2D eigenvalue weighted by Crippen LogP contribution is 2.28. The fourth-order valence-corrected chi connectivity index (χ4v) is 2.87. The van der Waals surface area contributed by atoms with E-state index in [1.54, 1.807) is 0 Å². The van der Waals surface area contributed by atoms with Crippen LogP contribution in [-0.4, -0.2) is 34.6 Å². The van der Waals surface area contributed by atoms with Gasteiger partial charge in [0, 0.05) is 12.1 Å². The van der Waals surface area contributed by atoms with Gasteiger partial charge in [-0.3, -0.25) is 9.69 Å². The highest BCUT2D eigenvalue weighted by atomic mass is 16.4. The molecule has 0 amide bonds. The van der Waals surface area contributed by atoms with Crippen LogP contribution in [-0.2, 0) is 4.79 Å². The molecular formula is C13H25NO2. The molecule has 1 N–H and O–H groups in total. The highest BCUT2D eigenvalue weighted by Gasteiger charge is 2.26. The zero-order chi connectivity index (χ0) is 12.1. The van der Waals surface area contributed by atoms with E-state index in [0.29, 0.717) is 6.04 Å². The maximum atomic E-state index is 10.7. The molecule has 0 heterocycles. The van der Waals surface area contributed by atoms with Gasteiger partial charge in [0.25, 0.3) is 0 Å². The summed E-state index contributed by atoms with van der Waals surface area (Å²) < 4.78 is 0. The van der Waals surface area contributed by atoms with Crippen LogP contribution in [0.1, 0.15) is 52.9 Å². The van der Waals surface area contributed by atoms with E-state index < -0.39 is 5.97 Å². The van der Waals surface area contributed by atoms with Gasteiger partial charge in [-0.05, 0) is 45.1 Å². The molecule has 3 heteroatoms. The Morgan fingerprint density at radius 2 is 1.94 bits per heavy atom. The van der Waals surface area contributed by atoms with E-state index in [1.165, 1.54) is 25.7 Å². The van der Waals surface area contributed by atoms with Crippen molar-refractivity contribution in [2.24, 2.45) is 5.92 Å². The Kier molecular flexibility index (Phi) is 5.26. The minimum atomic E-state index is -0.685. The average Bonchev–Trinajstić information content (AvgIpc) is 2.21. The fraction of sp³-hybridized carbons (Fsp3) is 0.923. The molecule has 3 nitrogen and oxygen atoms in total. The van der Waals surface area contributed by atoms with Crippen LogP contribution in [0.4, 0.5) is 0 Å². The van der Waals surface area contributed by atoms with E-state index in [1.807, 2.05) is 6.92 Å².